The van der Waals surface area contributed by atoms with E-state index in [1.54, 1.807) is 0 Å². The van der Waals surface area contributed by atoms with E-state index in [1.165, 1.54) is 19.9 Å². The lowest BCUT2D eigenvalue weighted by Gasteiger charge is -2.23. The molecule has 0 bridgehead atoms. The Balaban J connectivity index is 2.03. The predicted octanol–water partition coefficient (Wildman–Crippen LogP) is 3.55. The summed E-state index contributed by atoms with van der Waals surface area (Å²) in [6.07, 6.45) is 0. The highest BCUT2D eigenvalue weighted by molar-refractivity contribution is 6.09. The third kappa shape index (κ3) is 4.41. The molecular formula is C19H20F2N2O2. The third-order valence-corrected chi connectivity index (χ3v) is 4.01. The molecule has 2 aromatic carbocycles. The zero-order valence-corrected chi connectivity index (χ0v) is 14.3. The van der Waals surface area contributed by atoms with E-state index in [-0.39, 0.29) is 5.69 Å². The van der Waals surface area contributed by atoms with Crippen LogP contribution in [0.4, 0.5) is 14.5 Å². The topological polar surface area (TPSA) is 58.2 Å². The molecule has 6 heteroatoms. The maximum atomic E-state index is 13.2. The van der Waals surface area contributed by atoms with Gasteiger partial charge in [0.15, 0.2) is 11.6 Å². The molecule has 0 aliphatic carbocycles. The van der Waals surface area contributed by atoms with Gasteiger partial charge >= 0.3 is 0 Å². The van der Waals surface area contributed by atoms with Crippen molar-refractivity contribution in [3.63, 3.8) is 0 Å². The van der Waals surface area contributed by atoms with E-state index in [2.05, 4.69) is 10.6 Å². The van der Waals surface area contributed by atoms with Crippen molar-refractivity contribution >= 4 is 17.5 Å². The van der Waals surface area contributed by atoms with Gasteiger partial charge in [-0.2, -0.15) is 0 Å². The number of hydrogen-bond donors (Lipinski definition) is 2. The quantitative estimate of drug-likeness (QED) is 0.814. The van der Waals surface area contributed by atoms with Crippen molar-refractivity contribution in [1.82, 2.24) is 5.32 Å². The van der Waals surface area contributed by atoms with Gasteiger partial charge in [0.1, 0.15) is 5.41 Å². The van der Waals surface area contributed by atoms with Crippen molar-refractivity contribution in [3.8, 4) is 0 Å². The summed E-state index contributed by atoms with van der Waals surface area (Å²) in [5, 5.41) is 5.17. The van der Waals surface area contributed by atoms with E-state index in [0.717, 1.165) is 23.3 Å². The van der Waals surface area contributed by atoms with Crippen molar-refractivity contribution < 1.29 is 18.4 Å². The summed E-state index contributed by atoms with van der Waals surface area (Å²) in [7, 11) is 0. The Hall–Kier alpha value is -2.76. The molecule has 0 fully saturated rings. The molecule has 2 rings (SSSR count). The van der Waals surface area contributed by atoms with Crippen molar-refractivity contribution in [2.45, 2.75) is 27.3 Å². The second kappa shape index (κ2) is 7.42. The summed E-state index contributed by atoms with van der Waals surface area (Å²) >= 11 is 0. The fourth-order valence-electron chi connectivity index (χ4n) is 2.17. The molecule has 0 atom stereocenters. The molecule has 0 saturated carbocycles. The van der Waals surface area contributed by atoms with Gasteiger partial charge in [-0.05, 0) is 44.0 Å². The molecule has 2 amide bonds. The van der Waals surface area contributed by atoms with Gasteiger partial charge in [0, 0.05) is 18.3 Å². The van der Waals surface area contributed by atoms with Crippen molar-refractivity contribution in [2.24, 2.45) is 5.41 Å². The number of carbonyl (C=O) groups is 2. The smallest absolute Gasteiger partial charge is 0.239 e. The summed E-state index contributed by atoms with van der Waals surface area (Å²) in [6, 6.07) is 10.6. The number of rotatable bonds is 5. The third-order valence-electron chi connectivity index (χ3n) is 4.01. The van der Waals surface area contributed by atoms with E-state index in [1.807, 2.05) is 31.2 Å². The minimum absolute atomic E-state index is 0.0867. The lowest BCUT2D eigenvalue weighted by atomic mass is 9.90. The van der Waals surface area contributed by atoms with E-state index >= 15 is 0 Å². The van der Waals surface area contributed by atoms with Gasteiger partial charge in [0.25, 0.3) is 0 Å². The van der Waals surface area contributed by atoms with Crippen LogP contribution in [0.1, 0.15) is 25.0 Å². The molecule has 0 heterocycles. The highest BCUT2D eigenvalue weighted by Crippen LogP contribution is 2.21. The average molecular weight is 346 g/mol. The maximum Gasteiger partial charge on any atom is 0.239 e. The van der Waals surface area contributed by atoms with Crippen LogP contribution in [0.25, 0.3) is 0 Å². The van der Waals surface area contributed by atoms with E-state index in [0.29, 0.717) is 6.54 Å². The summed E-state index contributed by atoms with van der Waals surface area (Å²) in [4.78, 5) is 24.8. The van der Waals surface area contributed by atoms with Crippen LogP contribution >= 0.6 is 0 Å². The summed E-state index contributed by atoms with van der Waals surface area (Å²) in [6.45, 7) is 5.17. The molecule has 25 heavy (non-hydrogen) atoms. The SMILES string of the molecule is Cc1ccccc1CNC(=O)C(C)(C)C(=O)Nc1ccc(F)c(F)c1. The van der Waals surface area contributed by atoms with Crippen LogP contribution in [-0.2, 0) is 16.1 Å². The molecule has 132 valence electrons. The van der Waals surface area contributed by atoms with Crippen LogP contribution < -0.4 is 10.6 Å². The number of aryl methyl sites for hydroxylation is 1. The largest absolute Gasteiger partial charge is 0.351 e. The first-order valence-corrected chi connectivity index (χ1v) is 7.81. The van der Waals surface area contributed by atoms with Crippen LogP contribution in [0.3, 0.4) is 0 Å². The normalized spacial score (nSPS) is 11.1. The Labute approximate surface area is 145 Å². The molecule has 0 aromatic heterocycles. The Morgan fingerprint density at radius 3 is 2.32 bits per heavy atom. The molecule has 0 aliphatic rings. The molecule has 0 unspecified atom stereocenters. The van der Waals surface area contributed by atoms with Crippen LogP contribution in [0.5, 0.6) is 0 Å². The number of nitrogens with one attached hydrogen (secondary N) is 2. The molecule has 0 spiro atoms. The van der Waals surface area contributed by atoms with Gasteiger partial charge in [0.2, 0.25) is 11.8 Å². The van der Waals surface area contributed by atoms with Gasteiger partial charge in [-0.15, -0.1) is 0 Å². The minimum Gasteiger partial charge on any atom is -0.351 e. The Bertz CT molecular complexity index is 804. The Morgan fingerprint density at radius 1 is 1.00 bits per heavy atom. The Kier molecular flexibility index (Phi) is 5.51. The summed E-state index contributed by atoms with van der Waals surface area (Å²) in [5.41, 5.74) is 0.691. The first-order valence-electron chi connectivity index (χ1n) is 7.81. The molecule has 0 saturated heterocycles. The van der Waals surface area contributed by atoms with Crippen molar-refractivity contribution in [1.29, 1.82) is 0 Å². The molecule has 2 N–H and O–H groups in total. The second-order valence-electron chi connectivity index (χ2n) is 6.32. The molecular weight excluding hydrogens is 326 g/mol. The fourth-order valence-corrected chi connectivity index (χ4v) is 2.17. The van der Waals surface area contributed by atoms with Crippen LogP contribution in [-0.4, -0.2) is 11.8 Å². The molecule has 4 nitrogen and oxygen atoms in total. The number of hydrogen-bond acceptors (Lipinski definition) is 2. The number of halogens is 2. The minimum atomic E-state index is -1.38. The number of carbonyl (C=O) groups excluding carboxylic acids is 2. The highest BCUT2D eigenvalue weighted by atomic mass is 19.2. The summed E-state index contributed by atoms with van der Waals surface area (Å²) < 4.78 is 26.2. The second-order valence-corrected chi connectivity index (χ2v) is 6.32. The van der Waals surface area contributed by atoms with Crippen LogP contribution in [0.15, 0.2) is 42.5 Å². The first kappa shape index (κ1) is 18.6. The van der Waals surface area contributed by atoms with Crippen LogP contribution in [0.2, 0.25) is 0 Å². The van der Waals surface area contributed by atoms with Gasteiger partial charge in [0.05, 0.1) is 0 Å². The lowest BCUT2D eigenvalue weighted by Crippen LogP contribution is -2.44. The molecule has 2 aromatic rings. The van der Waals surface area contributed by atoms with Crippen molar-refractivity contribution in [3.05, 3.63) is 65.2 Å². The van der Waals surface area contributed by atoms with Crippen molar-refractivity contribution in [2.75, 3.05) is 5.32 Å². The molecule has 0 radical (unpaired) electrons. The van der Waals surface area contributed by atoms with Gasteiger partial charge in [-0.25, -0.2) is 8.78 Å². The standard InChI is InChI=1S/C19H20F2N2O2/c1-12-6-4-5-7-13(12)11-22-17(24)19(2,3)18(25)23-14-8-9-15(20)16(21)10-14/h4-10H,11H2,1-3H3,(H,22,24)(H,23,25). The lowest BCUT2D eigenvalue weighted by molar-refractivity contribution is -0.138. The first-order chi connectivity index (χ1) is 11.7. The monoisotopic (exact) mass is 346 g/mol. The number of benzene rings is 2. The maximum absolute atomic E-state index is 13.2. The Morgan fingerprint density at radius 2 is 1.68 bits per heavy atom. The molecule has 0 aliphatic heterocycles. The number of amides is 2. The van der Waals surface area contributed by atoms with Crippen LogP contribution in [0, 0.1) is 24.0 Å². The number of anilines is 1. The van der Waals surface area contributed by atoms with Gasteiger partial charge < -0.3 is 10.6 Å². The van der Waals surface area contributed by atoms with E-state index in [9.17, 15) is 18.4 Å². The fraction of sp³-hybridized carbons (Fsp3) is 0.263. The summed E-state index contributed by atoms with van der Waals surface area (Å²) in [5.74, 6) is -3.15. The average Bonchev–Trinajstić information content (AvgIpc) is 2.57. The van der Waals surface area contributed by atoms with E-state index < -0.39 is 28.9 Å². The zero-order chi connectivity index (χ0) is 18.6. The van der Waals surface area contributed by atoms with E-state index in [4.69, 9.17) is 0 Å². The highest BCUT2D eigenvalue weighted by Gasteiger charge is 2.36. The van der Waals surface area contributed by atoms with Gasteiger partial charge in [-0.3, -0.25) is 9.59 Å². The van der Waals surface area contributed by atoms with Gasteiger partial charge in [-0.1, -0.05) is 24.3 Å². The predicted molar refractivity (Wildman–Crippen MR) is 91.8 cm³/mol. The zero-order valence-electron chi connectivity index (χ0n) is 14.3.